The van der Waals surface area contributed by atoms with Crippen molar-refractivity contribution in [3.05, 3.63) is 77.0 Å². The molecule has 1 aromatic heterocycles. The van der Waals surface area contributed by atoms with Crippen LogP contribution in [0.25, 0.3) is 11.3 Å². The van der Waals surface area contributed by atoms with Crippen molar-refractivity contribution >= 4 is 11.6 Å². The Kier molecular flexibility index (Phi) is 4.74. The van der Waals surface area contributed by atoms with Crippen LogP contribution < -0.4 is 5.32 Å². The minimum absolute atomic E-state index is 0.0740. The molecule has 23 heavy (non-hydrogen) atoms. The molecule has 3 aromatic rings. The first-order valence-electron chi connectivity index (χ1n) is 7.32. The fourth-order valence-corrected chi connectivity index (χ4v) is 2.62. The lowest BCUT2D eigenvalue weighted by atomic mass is 10.1. The zero-order chi connectivity index (χ0) is 16.2. The first-order valence-corrected chi connectivity index (χ1v) is 7.70. The summed E-state index contributed by atoms with van der Waals surface area (Å²) >= 11 is 6.19. The van der Waals surface area contributed by atoms with E-state index in [9.17, 15) is 4.39 Å². The van der Waals surface area contributed by atoms with Crippen LogP contribution in [0.2, 0.25) is 5.02 Å². The molecule has 3 nitrogen and oxygen atoms in total. The smallest absolute Gasteiger partial charge is 0.208 e. The van der Waals surface area contributed by atoms with Gasteiger partial charge in [0.05, 0.1) is 12.7 Å². The van der Waals surface area contributed by atoms with E-state index in [2.05, 4.69) is 10.3 Å². The van der Waals surface area contributed by atoms with Crippen molar-refractivity contribution in [2.75, 3.05) is 0 Å². The van der Waals surface area contributed by atoms with Gasteiger partial charge in [-0.25, -0.2) is 9.37 Å². The molecule has 0 bridgehead atoms. The molecule has 1 atom stereocenters. The van der Waals surface area contributed by atoms with Gasteiger partial charge in [-0.2, -0.15) is 0 Å². The molecule has 0 aliphatic carbocycles. The van der Waals surface area contributed by atoms with Crippen molar-refractivity contribution in [3.63, 3.8) is 0 Å². The molecular formula is C18H16ClFN2O. The number of nitrogens with zero attached hydrogens (tertiary/aromatic N) is 1. The first kappa shape index (κ1) is 15.7. The maximum atomic E-state index is 12.9. The molecule has 1 heterocycles. The van der Waals surface area contributed by atoms with E-state index in [1.165, 1.54) is 12.1 Å². The molecule has 0 saturated heterocycles. The van der Waals surface area contributed by atoms with Gasteiger partial charge >= 0.3 is 0 Å². The second kappa shape index (κ2) is 6.94. The Morgan fingerprint density at radius 2 is 1.91 bits per heavy atom. The van der Waals surface area contributed by atoms with E-state index in [-0.39, 0.29) is 11.9 Å². The lowest BCUT2D eigenvalue weighted by molar-refractivity contribution is 0.454. The maximum Gasteiger partial charge on any atom is 0.208 e. The standard InChI is InChI=1S/C18H16ClFN2O/c1-12(15-4-2-3-5-16(15)19)21-11-18-22-10-17(23-18)13-6-8-14(20)9-7-13/h2-10,12,21H,11H2,1H3/t12-/m1/s1. The summed E-state index contributed by atoms with van der Waals surface area (Å²) in [6.07, 6.45) is 1.64. The van der Waals surface area contributed by atoms with E-state index in [0.717, 1.165) is 16.1 Å². The Morgan fingerprint density at radius 1 is 1.17 bits per heavy atom. The predicted octanol–water partition coefficient (Wildman–Crippen LogP) is 4.98. The van der Waals surface area contributed by atoms with Crippen LogP contribution >= 0.6 is 11.6 Å². The predicted molar refractivity (Wildman–Crippen MR) is 88.6 cm³/mol. The fourth-order valence-electron chi connectivity index (χ4n) is 2.32. The SMILES string of the molecule is C[C@@H](NCc1ncc(-c2ccc(F)cc2)o1)c1ccccc1Cl. The minimum atomic E-state index is -0.274. The van der Waals surface area contributed by atoms with Gasteiger partial charge in [0.1, 0.15) is 5.82 Å². The number of oxazole rings is 1. The number of halogens is 2. The van der Waals surface area contributed by atoms with Gasteiger partial charge in [0.25, 0.3) is 0 Å². The molecule has 0 aliphatic rings. The second-order valence-corrected chi connectivity index (χ2v) is 5.66. The van der Waals surface area contributed by atoms with Gasteiger partial charge in [-0.15, -0.1) is 0 Å². The van der Waals surface area contributed by atoms with E-state index in [0.29, 0.717) is 18.2 Å². The molecule has 118 valence electrons. The minimum Gasteiger partial charge on any atom is -0.439 e. The third kappa shape index (κ3) is 3.78. The van der Waals surface area contributed by atoms with Gasteiger partial charge in [-0.1, -0.05) is 29.8 Å². The number of hydrogen-bond acceptors (Lipinski definition) is 3. The Balaban J connectivity index is 1.65. The molecular weight excluding hydrogens is 315 g/mol. The van der Waals surface area contributed by atoms with E-state index < -0.39 is 0 Å². The summed E-state index contributed by atoms with van der Waals surface area (Å²) in [5, 5.41) is 4.06. The van der Waals surface area contributed by atoms with E-state index >= 15 is 0 Å². The zero-order valence-corrected chi connectivity index (χ0v) is 13.3. The van der Waals surface area contributed by atoms with Crippen LogP contribution in [0.1, 0.15) is 24.4 Å². The van der Waals surface area contributed by atoms with Gasteiger partial charge in [-0.05, 0) is 42.8 Å². The highest BCUT2D eigenvalue weighted by Crippen LogP contribution is 2.23. The van der Waals surface area contributed by atoms with E-state index in [4.69, 9.17) is 16.0 Å². The maximum absolute atomic E-state index is 12.9. The average Bonchev–Trinajstić information content (AvgIpc) is 3.03. The summed E-state index contributed by atoms with van der Waals surface area (Å²) < 4.78 is 18.6. The highest BCUT2D eigenvalue weighted by molar-refractivity contribution is 6.31. The second-order valence-electron chi connectivity index (χ2n) is 5.25. The van der Waals surface area contributed by atoms with Crippen molar-refractivity contribution in [2.24, 2.45) is 0 Å². The van der Waals surface area contributed by atoms with Gasteiger partial charge in [-0.3, -0.25) is 0 Å². The van der Waals surface area contributed by atoms with Gasteiger partial charge in [0.2, 0.25) is 5.89 Å². The molecule has 1 N–H and O–H groups in total. The Bertz CT molecular complexity index is 786. The van der Waals surface area contributed by atoms with Crippen LogP contribution in [-0.2, 0) is 6.54 Å². The van der Waals surface area contributed by atoms with Crippen LogP contribution in [0, 0.1) is 5.82 Å². The number of rotatable bonds is 5. The highest BCUT2D eigenvalue weighted by atomic mass is 35.5. The van der Waals surface area contributed by atoms with Gasteiger partial charge < -0.3 is 9.73 Å². The van der Waals surface area contributed by atoms with Crippen LogP contribution in [0.5, 0.6) is 0 Å². The van der Waals surface area contributed by atoms with Crippen LogP contribution in [0.15, 0.2) is 59.1 Å². The van der Waals surface area contributed by atoms with Crippen molar-refractivity contribution in [1.82, 2.24) is 10.3 Å². The molecule has 2 aromatic carbocycles. The summed E-state index contributed by atoms with van der Waals surface area (Å²) in [7, 11) is 0. The number of nitrogens with one attached hydrogen (secondary N) is 1. The fraction of sp³-hybridized carbons (Fsp3) is 0.167. The molecule has 0 aliphatic heterocycles. The van der Waals surface area contributed by atoms with Crippen molar-refractivity contribution in [1.29, 1.82) is 0 Å². The molecule has 3 rings (SSSR count). The lowest BCUT2D eigenvalue weighted by Gasteiger charge is -2.14. The molecule has 0 saturated carbocycles. The molecule has 0 fully saturated rings. The third-order valence-corrected chi connectivity index (χ3v) is 3.96. The van der Waals surface area contributed by atoms with Gasteiger partial charge in [0, 0.05) is 16.6 Å². The highest BCUT2D eigenvalue weighted by Gasteiger charge is 2.11. The van der Waals surface area contributed by atoms with E-state index in [1.54, 1.807) is 18.3 Å². The summed E-state index contributed by atoms with van der Waals surface area (Å²) in [5.41, 5.74) is 1.82. The lowest BCUT2D eigenvalue weighted by Crippen LogP contribution is -2.18. The summed E-state index contributed by atoms with van der Waals surface area (Å²) in [6.45, 7) is 2.51. The number of hydrogen-bond donors (Lipinski definition) is 1. The zero-order valence-electron chi connectivity index (χ0n) is 12.6. The topological polar surface area (TPSA) is 38.1 Å². The number of benzene rings is 2. The number of aromatic nitrogens is 1. The summed E-state index contributed by atoms with van der Waals surface area (Å²) in [5.74, 6) is 0.916. The molecule has 0 radical (unpaired) electrons. The van der Waals surface area contributed by atoms with Crippen LogP contribution in [-0.4, -0.2) is 4.98 Å². The average molecular weight is 331 g/mol. The van der Waals surface area contributed by atoms with Crippen molar-refractivity contribution in [3.8, 4) is 11.3 Å². The van der Waals surface area contributed by atoms with Crippen LogP contribution in [0.4, 0.5) is 4.39 Å². The summed E-state index contributed by atoms with van der Waals surface area (Å²) in [4.78, 5) is 4.25. The van der Waals surface area contributed by atoms with Crippen LogP contribution in [0.3, 0.4) is 0 Å². The molecule has 0 spiro atoms. The normalized spacial score (nSPS) is 12.3. The Labute approximate surface area is 139 Å². The largest absolute Gasteiger partial charge is 0.439 e. The quantitative estimate of drug-likeness (QED) is 0.716. The Morgan fingerprint density at radius 3 is 2.65 bits per heavy atom. The van der Waals surface area contributed by atoms with Crippen molar-refractivity contribution in [2.45, 2.75) is 19.5 Å². The molecule has 5 heteroatoms. The first-order chi connectivity index (χ1) is 11.1. The third-order valence-electron chi connectivity index (χ3n) is 3.61. The van der Waals surface area contributed by atoms with Gasteiger partial charge in [0.15, 0.2) is 5.76 Å². The Hall–Kier alpha value is -2.17. The monoisotopic (exact) mass is 330 g/mol. The molecule has 0 unspecified atom stereocenters. The summed E-state index contributed by atoms with van der Waals surface area (Å²) in [6, 6.07) is 13.9. The van der Waals surface area contributed by atoms with E-state index in [1.807, 2.05) is 31.2 Å². The van der Waals surface area contributed by atoms with Crippen molar-refractivity contribution < 1.29 is 8.81 Å². The molecule has 0 amide bonds.